The third kappa shape index (κ3) is 2.67. The number of hydrogen-bond donors (Lipinski definition) is 1. The zero-order valence-electron chi connectivity index (χ0n) is 8.32. The molecule has 2 nitrogen and oxygen atoms in total. The Kier molecular flexibility index (Phi) is 3.30. The highest BCUT2D eigenvalue weighted by atomic mass is 14.9. The Hall–Kier alpha value is -1.15. The predicted octanol–water partition coefficient (Wildman–Crippen LogP) is 1.93. The van der Waals surface area contributed by atoms with Crippen LogP contribution in [0.1, 0.15) is 18.4 Å². The first kappa shape index (κ1) is 9.41. The van der Waals surface area contributed by atoms with Crippen LogP contribution in [-0.4, -0.2) is 17.6 Å². The van der Waals surface area contributed by atoms with Gasteiger partial charge < -0.3 is 5.32 Å². The summed E-state index contributed by atoms with van der Waals surface area (Å²) in [6.45, 7) is 1.17. The van der Waals surface area contributed by atoms with Gasteiger partial charge >= 0.3 is 0 Å². The van der Waals surface area contributed by atoms with Crippen molar-refractivity contribution in [2.75, 3.05) is 6.54 Å². The predicted molar refractivity (Wildman–Crippen MR) is 58.1 cm³/mol. The molecule has 2 heterocycles. The average molecular weight is 188 g/mol. The Morgan fingerprint density at radius 2 is 2.57 bits per heavy atom. The summed E-state index contributed by atoms with van der Waals surface area (Å²) in [4.78, 5) is 4.09. The summed E-state index contributed by atoms with van der Waals surface area (Å²) in [7, 11) is 0. The lowest BCUT2D eigenvalue weighted by molar-refractivity contribution is 0.725. The van der Waals surface area contributed by atoms with Crippen LogP contribution >= 0.6 is 0 Å². The van der Waals surface area contributed by atoms with E-state index in [1.807, 2.05) is 18.5 Å². The molecule has 1 fully saturated rings. The van der Waals surface area contributed by atoms with Crippen molar-refractivity contribution in [3.63, 3.8) is 0 Å². The van der Waals surface area contributed by atoms with Crippen LogP contribution in [0.25, 0.3) is 0 Å². The number of hydrogen-bond acceptors (Lipinski definition) is 2. The average Bonchev–Trinajstić information content (AvgIpc) is 2.72. The smallest absolute Gasteiger partial charge is 0.0303 e. The van der Waals surface area contributed by atoms with Crippen molar-refractivity contribution in [3.8, 4) is 0 Å². The molecule has 2 heteroatoms. The van der Waals surface area contributed by atoms with E-state index in [-0.39, 0.29) is 0 Å². The van der Waals surface area contributed by atoms with Crippen molar-refractivity contribution in [1.29, 1.82) is 0 Å². The van der Waals surface area contributed by atoms with Crippen molar-refractivity contribution in [1.82, 2.24) is 10.3 Å². The van der Waals surface area contributed by atoms with Gasteiger partial charge in [0.05, 0.1) is 0 Å². The molecule has 0 aromatic carbocycles. The van der Waals surface area contributed by atoms with Crippen LogP contribution in [0.3, 0.4) is 0 Å². The maximum atomic E-state index is 4.09. The lowest BCUT2D eigenvalue weighted by atomic mass is 10.1. The van der Waals surface area contributed by atoms with E-state index in [2.05, 4.69) is 28.5 Å². The summed E-state index contributed by atoms with van der Waals surface area (Å²) in [5, 5.41) is 3.44. The van der Waals surface area contributed by atoms with Gasteiger partial charge in [-0.2, -0.15) is 0 Å². The molecule has 74 valence electrons. The molecule has 1 atom stereocenters. The Morgan fingerprint density at radius 1 is 1.57 bits per heavy atom. The van der Waals surface area contributed by atoms with Gasteiger partial charge in [0.25, 0.3) is 0 Å². The van der Waals surface area contributed by atoms with Crippen LogP contribution in [0.2, 0.25) is 0 Å². The van der Waals surface area contributed by atoms with Crippen LogP contribution < -0.4 is 5.32 Å². The van der Waals surface area contributed by atoms with E-state index >= 15 is 0 Å². The van der Waals surface area contributed by atoms with Crippen molar-refractivity contribution in [2.45, 2.75) is 25.3 Å². The van der Waals surface area contributed by atoms with Crippen molar-refractivity contribution >= 4 is 0 Å². The van der Waals surface area contributed by atoms with Gasteiger partial charge in [-0.3, -0.25) is 4.98 Å². The molecule has 1 unspecified atom stereocenters. The summed E-state index contributed by atoms with van der Waals surface area (Å²) in [6.07, 6.45) is 11.8. The standard InChI is InChI=1S/C12H16N2/c1(6-12-7-3-9-14-12)4-11-5-2-8-13-10-11/h1-2,5-6,8,10,12,14H,3-4,7,9H2/b6-1+. The number of pyridine rings is 1. The fourth-order valence-corrected chi connectivity index (χ4v) is 1.76. The van der Waals surface area contributed by atoms with E-state index in [0.717, 1.165) is 6.42 Å². The monoisotopic (exact) mass is 188 g/mol. The molecule has 0 radical (unpaired) electrons. The number of nitrogens with one attached hydrogen (secondary N) is 1. The molecule has 1 aromatic heterocycles. The van der Waals surface area contributed by atoms with Gasteiger partial charge in [-0.1, -0.05) is 18.2 Å². The second kappa shape index (κ2) is 4.91. The Bertz CT molecular complexity index is 286. The number of allylic oxidation sites excluding steroid dienone is 1. The van der Waals surface area contributed by atoms with Crippen LogP contribution in [-0.2, 0) is 6.42 Å². The molecule has 1 aliphatic heterocycles. The largest absolute Gasteiger partial charge is 0.311 e. The highest BCUT2D eigenvalue weighted by molar-refractivity contribution is 5.13. The minimum Gasteiger partial charge on any atom is -0.311 e. The zero-order valence-corrected chi connectivity index (χ0v) is 8.32. The van der Waals surface area contributed by atoms with Gasteiger partial charge in [-0.05, 0) is 37.4 Å². The van der Waals surface area contributed by atoms with E-state index < -0.39 is 0 Å². The topological polar surface area (TPSA) is 24.9 Å². The van der Waals surface area contributed by atoms with Crippen LogP contribution in [0, 0.1) is 0 Å². The van der Waals surface area contributed by atoms with E-state index in [9.17, 15) is 0 Å². The molecule has 0 amide bonds. The summed E-state index contributed by atoms with van der Waals surface area (Å²) < 4.78 is 0. The van der Waals surface area contributed by atoms with Gasteiger partial charge in [-0.15, -0.1) is 0 Å². The molecule has 1 saturated heterocycles. The highest BCUT2D eigenvalue weighted by Gasteiger charge is 2.09. The molecule has 0 bridgehead atoms. The van der Waals surface area contributed by atoms with E-state index in [0.29, 0.717) is 6.04 Å². The quantitative estimate of drug-likeness (QED) is 0.733. The summed E-state index contributed by atoms with van der Waals surface area (Å²) in [5.74, 6) is 0. The lowest BCUT2D eigenvalue weighted by Crippen LogP contribution is -2.18. The molecule has 0 saturated carbocycles. The highest BCUT2D eigenvalue weighted by Crippen LogP contribution is 2.06. The molecule has 2 rings (SSSR count). The fourth-order valence-electron chi connectivity index (χ4n) is 1.76. The molecule has 1 aliphatic rings. The minimum absolute atomic E-state index is 0.603. The van der Waals surface area contributed by atoms with Gasteiger partial charge in [-0.25, -0.2) is 0 Å². The SMILES string of the molecule is C(=C\C1CCCN1)/Cc1cccnc1. The maximum absolute atomic E-state index is 4.09. The third-order valence-corrected chi connectivity index (χ3v) is 2.54. The van der Waals surface area contributed by atoms with Gasteiger partial charge in [0, 0.05) is 18.4 Å². The molecule has 1 aromatic rings. The summed E-state index contributed by atoms with van der Waals surface area (Å²) >= 11 is 0. The Balaban J connectivity index is 1.81. The minimum atomic E-state index is 0.603. The van der Waals surface area contributed by atoms with Crippen molar-refractivity contribution in [2.24, 2.45) is 0 Å². The zero-order chi connectivity index (χ0) is 9.64. The maximum Gasteiger partial charge on any atom is 0.0303 e. The van der Waals surface area contributed by atoms with E-state index in [4.69, 9.17) is 0 Å². The second-order valence-electron chi connectivity index (χ2n) is 3.70. The first-order valence-electron chi connectivity index (χ1n) is 5.24. The third-order valence-electron chi connectivity index (χ3n) is 2.54. The van der Waals surface area contributed by atoms with E-state index in [1.54, 1.807) is 0 Å². The first-order valence-corrected chi connectivity index (χ1v) is 5.24. The van der Waals surface area contributed by atoms with Crippen molar-refractivity contribution < 1.29 is 0 Å². The summed E-state index contributed by atoms with van der Waals surface area (Å²) in [5.41, 5.74) is 1.28. The normalized spacial score (nSPS) is 21.9. The first-order chi connectivity index (χ1) is 6.95. The molecular weight excluding hydrogens is 172 g/mol. The van der Waals surface area contributed by atoms with Crippen molar-refractivity contribution in [3.05, 3.63) is 42.2 Å². The molecular formula is C12H16N2. The van der Waals surface area contributed by atoms with Gasteiger partial charge in [0.1, 0.15) is 0 Å². The fraction of sp³-hybridized carbons (Fsp3) is 0.417. The molecule has 0 aliphatic carbocycles. The Labute approximate surface area is 85.1 Å². The second-order valence-corrected chi connectivity index (χ2v) is 3.70. The van der Waals surface area contributed by atoms with E-state index in [1.165, 1.54) is 24.9 Å². The molecule has 0 spiro atoms. The molecule has 1 N–H and O–H groups in total. The van der Waals surface area contributed by atoms with Crippen LogP contribution in [0.5, 0.6) is 0 Å². The van der Waals surface area contributed by atoms with Crippen LogP contribution in [0.15, 0.2) is 36.7 Å². The lowest BCUT2D eigenvalue weighted by Gasteiger charge is -2.01. The van der Waals surface area contributed by atoms with Gasteiger partial charge in [0.2, 0.25) is 0 Å². The summed E-state index contributed by atoms with van der Waals surface area (Å²) in [6, 6.07) is 4.70. The number of aromatic nitrogens is 1. The van der Waals surface area contributed by atoms with Crippen LogP contribution in [0.4, 0.5) is 0 Å². The number of nitrogens with zero attached hydrogens (tertiary/aromatic N) is 1. The van der Waals surface area contributed by atoms with Gasteiger partial charge in [0.15, 0.2) is 0 Å². The Morgan fingerprint density at radius 3 is 3.29 bits per heavy atom. The molecule has 14 heavy (non-hydrogen) atoms. The number of rotatable bonds is 3.